The van der Waals surface area contributed by atoms with Crippen molar-refractivity contribution < 1.29 is 0 Å². The van der Waals surface area contributed by atoms with Gasteiger partial charge < -0.3 is 13.6 Å². The second kappa shape index (κ2) is 11.6. The molecule has 0 unspecified atom stereocenters. The molecule has 0 spiro atoms. The van der Waals surface area contributed by atoms with Gasteiger partial charge in [0.1, 0.15) is 0 Å². The van der Waals surface area contributed by atoms with Crippen LogP contribution in [0.5, 0.6) is 0 Å². The van der Waals surface area contributed by atoms with Gasteiger partial charge in [-0.25, -0.2) is 0 Å². The Kier molecular flexibility index (Phi) is 6.60. The number of aromatic nitrogens is 3. The monoisotopic (exact) mass is 636 g/mol. The van der Waals surface area contributed by atoms with Crippen LogP contribution in [0, 0.1) is 0 Å². The molecule has 10 aromatic rings. The summed E-state index contributed by atoms with van der Waals surface area (Å²) in [6, 6.07) is 67.9. The first-order valence-electron chi connectivity index (χ1n) is 17.1. The second-order valence-electron chi connectivity index (χ2n) is 12.9. The van der Waals surface area contributed by atoms with E-state index in [4.69, 9.17) is 0 Å². The number of benzene rings is 7. The maximum atomic E-state index is 2.42. The average molecular weight is 637 g/mol. The summed E-state index contributed by atoms with van der Waals surface area (Å²) < 4.78 is 7.20. The topological polar surface area (TPSA) is 14.8 Å². The van der Waals surface area contributed by atoms with Crippen molar-refractivity contribution in [3.63, 3.8) is 0 Å². The highest BCUT2D eigenvalue weighted by molar-refractivity contribution is 6.55. The zero-order chi connectivity index (χ0) is 33.0. The summed E-state index contributed by atoms with van der Waals surface area (Å²) in [5, 5.41) is 4.92. The molecule has 3 heterocycles. The lowest BCUT2D eigenvalue weighted by Crippen LogP contribution is -2.24. The minimum absolute atomic E-state index is 1.10. The van der Waals surface area contributed by atoms with Gasteiger partial charge in [0.25, 0.3) is 7.41 Å². The van der Waals surface area contributed by atoms with E-state index in [0.29, 0.717) is 0 Å². The molecule has 10 rings (SSSR count). The number of para-hydroxylation sites is 4. The van der Waals surface area contributed by atoms with Crippen LogP contribution in [0.3, 0.4) is 0 Å². The van der Waals surface area contributed by atoms with E-state index in [1.54, 1.807) is 0 Å². The zero-order valence-electron chi connectivity index (χ0n) is 27.3. The molecule has 0 atom stereocenters. The molecule has 0 bridgehead atoms. The molecule has 0 aliphatic heterocycles. The summed E-state index contributed by atoms with van der Waals surface area (Å²) >= 11 is 0. The Morgan fingerprint density at radius 2 is 0.740 bits per heavy atom. The number of hydrogen-bond acceptors (Lipinski definition) is 0. The van der Waals surface area contributed by atoms with Gasteiger partial charge >= 0.3 is 0 Å². The van der Waals surface area contributed by atoms with E-state index in [-0.39, 0.29) is 0 Å². The molecule has 7 aromatic carbocycles. The summed E-state index contributed by atoms with van der Waals surface area (Å²) in [6.45, 7) is 0. The highest BCUT2D eigenvalue weighted by Gasteiger charge is 2.19. The Hall–Kier alpha value is -6.52. The Balaban J connectivity index is 1.28. The van der Waals surface area contributed by atoms with E-state index in [9.17, 15) is 0 Å². The van der Waals surface area contributed by atoms with E-state index in [1.807, 2.05) is 0 Å². The molecule has 3 nitrogen and oxygen atoms in total. The Morgan fingerprint density at radius 3 is 1.22 bits per heavy atom. The first-order chi connectivity index (χ1) is 24.8. The molecule has 0 saturated carbocycles. The van der Waals surface area contributed by atoms with Crippen LogP contribution < -0.4 is 5.46 Å². The van der Waals surface area contributed by atoms with Gasteiger partial charge in [0.2, 0.25) is 0 Å². The SMILES string of the molecule is [B](c1cc(-n2c(-c3ccccc3)cc3ccccc32)cc(-n2c(-c3ccccc3)cc3ccccc32)c1)n1c2ccccc2c2ccccc21. The molecule has 0 N–H and O–H groups in total. The first-order valence-corrected chi connectivity index (χ1v) is 17.1. The fourth-order valence-electron chi connectivity index (χ4n) is 7.70. The molecule has 50 heavy (non-hydrogen) atoms. The summed E-state index contributed by atoms with van der Waals surface area (Å²) in [5.41, 5.74) is 12.7. The summed E-state index contributed by atoms with van der Waals surface area (Å²) in [7, 11) is 2.30. The normalized spacial score (nSPS) is 11.6. The van der Waals surface area contributed by atoms with Crippen LogP contribution in [0.25, 0.3) is 77.5 Å². The molecule has 0 aliphatic rings. The Morgan fingerprint density at radius 1 is 0.340 bits per heavy atom. The molecular formula is C46H31BN3. The highest BCUT2D eigenvalue weighted by atomic mass is 15.0. The molecule has 0 aliphatic carbocycles. The average Bonchev–Trinajstić information content (AvgIpc) is 3.86. The van der Waals surface area contributed by atoms with Crippen molar-refractivity contribution in [2.24, 2.45) is 0 Å². The van der Waals surface area contributed by atoms with Crippen molar-refractivity contribution in [1.29, 1.82) is 0 Å². The van der Waals surface area contributed by atoms with Crippen molar-refractivity contribution >= 4 is 56.5 Å². The van der Waals surface area contributed by atoms with Gasteiger partial charge in [-0.3, -0.25) is 0 Å². The van der Waals surface area contributed by atoms with Crippen molar-refractivity contribution in [2.45, 2.75) is 0 Å². The Bertz CT molecular complexity index is 2650. The summed E-state index contributed by atoms with van der Waals surface area (Å²) in [6.07, 6.45) is 0. The highest BCUT2D eigenvalue weighted by Crippen LogP contribution is 2.35. The third-order valence-corrected chi connectivity index (χ3v) is 9.90. The lowest BCUT2D eigenvalue weighted by atomic mass is 9.81. The van der Waals surface area contributed by atoms with Crippen LogP contribution in [0.1, 0.15) is 0 Å². The fraction of sp³-hybridized carbons (Fsp3) is 0. The molecule has 3 aromatic heterocycles. The van der Waals surface area contributed by atoms with Gasteiger partial charge in [-0.05, 0) is 65.7 Å². The number of fused-ring (bicyclic) bond motifs is 5. The lowest BCUT2D eigenvalue weighted by molar-refractivity contribution is 1.10. The van der Waals surface area contributed by atoms with Gasteiger partial charge in [0.05, 0.1) is 22.4 Å². The van der Waals surface area contributed by atoms with Gasteiger partial charge in [-0.1, -0.05) is 139 Å². The molecule has 1 radical (unpaired) electrons. The van der Waals surface area contributed by atoms with Crippen LogP contribution >= 0.6 is 0 Å². The minimum atomic E-state index is 1.10. The predicted octanol–water partition coefficient (Wildman–Crippen LogP) is 10.8. The van der Waals surface area contributed by atoms with E-state index in [1.165, 1.54) is 54.7 Å². The van der Waals surface area contributed by atoms with Crippen molar-refractivity contribution in [3.8, 4) is 33.9 Å². The van der Waals surface area contributed by atoms with Crippen molar-refractivity contribution in [3.05, 3.63) is 188 Å². The van der Waals surface area contributed by atoms with Gasteiger partial charge in [0.15, 0.2) is 0 Å². The number of nitrogens with zero attached hydrogens (tertiary/aromatic N) is 3. The maximum Gasteiger partial charge on any atom is 0.291 e. The molecule has 0 amide bonds. The molecular weight excluding hydrogens is 605 g/mol. The standard InChI is InChI=1S/C46H31BN3/c1-3-15-32(16-4-1)45-27-34-19-7-11-23-41(34)48(45)37-29-36(47-50-43-25-13-9-21-39(43)40-22-10-14-26-44(40)50)30-38(31-37)49-42-24-12-8-20-35(42)28-46(49)33-17-5-2-6-18-33/h1-31H. The lowest BCUT2D eigenvalue weighted by Gasteiger charge is -2.18. The first kappa shape index (κ1) is 28.5. The molecule has 4 heteroatoms. The van der Waals surface area contributed by atoms with Gasteiger partial charge in [-0.15, -0.1) is 0 Å². The second-order valence-corrected chi connectivity index (χ2v) is 12.9. The van der Waals surface area contributed by atoms with Crippen LogP contribution in [0.15, 0.2) is 188 Å². The predicted molar refractivity (Wildman–Crippen MR) is 211 cm³/mol. The van der Waals surface area contributed by atoms with Gasteiger partial charge in [-0.2, -0.15) is 0 Å². The van der Waals surface area contributed by atoms with Crippen LogP contribution in [0.4, 0.5) is 0 Å². The van der Waals surface area contributed by atoms with Crippen LogP contribution in [0.2, 0.25) is 0 Å². The summed E-state index contributed by atoms with van der Waals surface area (Å²) in [5.74, 6) is 0. The number of rotatable bonds is 6. The summed E-state index contributed by atoms with van der Waals surface area (Å²) in [4.78, 5) is 0. The zero-order valence-corrected chi connectivity index (χ0v) is 27.3. The quantitative estimate of drug-likeness (QED) is 0.161. The third-order valence-electron chi connectivity index (χ3n) is 9.90. The van der Waals surface area contributed by atoms with E-state index < -0.39 is 0 Å². The van der Waals surface area contributed by atoms with Gasteiger partial charge in [0, 0.05) is 44.0 Å². The Labute approximate surface area is 291 Å². The molecule has 0 saturated heterocycles. The van der Waals surface area contributed by atoms with E-state index in [2.05, 4.69) is 209 Å². The van der Waals surface area contributed by atoms with E-state index >= 15 is 0 Å². The smallest absolute Gasteiger partial charge is 0.291 e. The third kappa shape index (κ3) is 4.61. The van der Waals surface area contributed by atoms with E-state index in [0.717, 1.165) is 28.2 Å². The molecule has 233 valence electrons. The van der Waals surface area contributed by atoms with Crippen molar-refractivity contribution in [1.82, 2.24) is 13.6 Å². The van der Waals surface area contributed by atoms with Crippen LogP contribution in [-0.4, -0.2) is 21.0 Å². The minimum Gasteiger partial charge on any atom is -0.385 e. The maximum absolute atomic E-state index is 2.42. The fourth-order valence-corrected chi connectivity index (χ4v) is 7.70. The largest absolute Gasteiger partial charge is 0.385 e. The molecule has 0 fully saturated rings. The number of hydrogen-bond donors (Lipinski definition) is 0. The van der Waals surface area contributed by atoms with Crippen LogP contribution in [-0.2, 0) is 0 Å². The van der Waals surface area contributed by atoms with Crippen molar-refractivity contribution in [2.75, 3.05) is 0 Å².